The van der Waals surface area contributed by atoms with Crippen molar-refractivity contribution in [1.29, 1.82) is 0 Å². The van der Waals surface area contributed by atoms with Crippen LogP contribution in [0.4, 0.5) is 0 Å². The number of hydrogen-bond donors (Lipinski definition) is 1. The average molecular weight is 752 g/mol. The molecule has 0 bridgehead atoms. The third-order valence-electron chi connectivity index (χ3n) is 11.1. The lowest BCUT2D eigenvalue weighted by molar-refractivity contribution is -0.144. The summed E-state index contributed by atoms with van der Waals surface area (Å²) in [4.78, 5) is 26.5. The van der Waals surface area contributed by atoms with Gasteiger partial charge in [0, 0.05) is 12.8 Å². The Labute approximate surface area is 331 Å². The predicted octanol–water partition coefficient (Wildman–Crippen LogP) is 13.8. The number of rotatable bonds is 43. The van der Waals surface area contributed by atoms with Crippen molar-refractivity contribution in [2.75, 3.05) is 33.9 Å². The Balaban J connectivity index is 3.94. The smallest absolute Gasteiger partial charge is 0.305 e. The first-order chi connectivity index (χ1) is 25.8. The van der Waals surface area contributed by atoms with Crippen LogP contribution in [0.5, 0.6) is 0 Å². The zero-order valence-corrected chi connectivity index (χ0v) is 36.3. The molecule has 0 rings (SSSR count). The van der Waals surface area contributed by atoms with Crippen molar-refractivity contribution in [1.82, 2.24) is 4.90 Å². The summed E-state index contributed by atoms with van der Waals surface area (Å²) in [6.07, 6.45) is 42.3. The van der Waals surface area contributed by atoms with Gasteiger partial charge < -0.3 is 19.5 Å². The molecule has 0 heterocycles. The molecule has 0 amide bonds. The van der Waals surface area contributed by atoms with Gasteiger partial charge in [0.15, 0.2) is 0 Å². The van der Waals surface area contributed by atoms with E-state index in [0.717, 1.165) is 116 Å². The highest BCUT2D eigenvalue weighted by Crippen LogP contribution is 2.28. The van der Waals surface area contributed by atoms with Gasteiger partial charge in [-0.05, 0) is 78.4 Å². The van der Waals surface area contributed by atoms with Crippen molar-refractivity contribution in [3.8, 4) is 0 Å². The van der Waals surface area contributed by atoms with Crippen molar-refractivity contribution in [3.05, 3.63) is 0 Å². The molecule has 0 fully saturated rings. The molecule has 0 aliphatic heterocycles. The summed E-state index contributed by atoms with van der Waals surface area (Å²) in [7, 11) is 4.22. The van der Waals surface area contributed by atoms with Gasteiger partial charge >= 0.3 is 11.9 Å². The minimum Gasteiger partial charge on any atom is -0.466 e. The molecule has 6 nitrogen and oxygen atoms in total. The topological polar surface area (TPSA) is 76.1 Å². The Kier molecular flexibility index (Phi) is 39.6. The van der Waals surface area contributed by atoms with E-state index in [1.807, 2.05) is 0 Å². The SMILES string of the molecule is CCCCCCCCCCCCCC(=O)OCCCCCCC(O)(CCCCCCOC(=O)CCCCCCCCCCCCC)CCCCN(C)C. The van der Waals surface area contributed by atoms with Gasteiger partial charge in [0.25, 0.3) is 0 Å². The summed E-state index contributed by atoms with van der Waals surface area (Å²) in [5, 5.41) is 11.6. The zero-order chi connectivity index (χ0) is 38.9. The van der Waals surface area contributed by atoms with E-state index in [1.54, 1.807) is 0 Å². The molecule has 1 N–H and O–H groups in total. The molecule has 0 aromatic carbocycles. The maximum absolute atomic E-state index is 12.1. The predicted molar refractivity (Wildman–Crippen MR) is 228 cm³/mol. The third kappa shape index (κ3) is 40.3. The fourth-order valence-corrected chi connectivity index (χ4v) is 7.46. The molecule has 316 valence electrons. The summed E-state index contributed by atoms with van der Waals surface area (Å²) < 4.78 is 11.0. The average Bonchev–Trinajstić information content (AvgIpc) is 3.13. The van der Waals surface area contributed by atoms with Gasteiger partial charge in [0.2, 0.25) is 0 Å². The lowest BCUT2D eigenvalue weighted by Gasteiger charge is -2.29. The van der Waals surface area contributed by atoms with Crippen molar-refractivity contribution < 1.29 is 24.2 Å². The molecule has 0 aromatic heterocycles. The Bertz CT molecular complexity index is 720. The minimum absolute atomic E-state index is 0.0363. The maximum Gasteiger partial charge on any atom is 0.305 e. The van der Waals surface area contributed by atoms with Gasteiger partial charge in [-0.3, -0.25) is 9.59 Å². The molecule has 0 spiro atoms. The highest BCUT2D eigenvalue weighted by molar-refractivity contribution is 5.69. The van der Waals surface area contributed by atoms with Crippen molar-refractivity contribution in [2.45, 2.75) is 257 Å². The van der Waals surface area contributed by atoms with E-state index < -0.39 is 5.60 Å². The Morgan fingerprint density at radius 2 is 0.698 bits per heavy atom. The summed E-state index contributed by atoms with van der Waals surface area (Å²) in [6, 6.07) is 0. The van der Waals surface area contributed by atoms with Crippen molar-refractivity contribution in [2.24, 2.45) is 0 Å². The second-order valence-electron chi connectivity index (χ2n) is 16.8. The van der Waals surface area contributed by atoms with Crippen LogP contribution in [0.15, 0.2) is 0 Å². The van der Waals surface area contributed by atoms with Gasteiger partial charge in [0.05, 0.1) is 18.8 Å². The summed E-state index contributed by atoms with van der Waals surface area (Å²) in [6.45, 7) is 6.65. The van der Waals surface area contributed by atoms with E-state index in [0.29, 0.717) is 26.1 Å². The summed E-state index contributed by atoms with van der Waals surface area (Å²) >= 11 is 0. The first kappa shape index (κ1) is 51.9. The van der Waals surface area contributed by atoms with Crippen molar-refractivity contribution in [3.63, 3.8) is 0 Å². The fourth-order valence-electron chi connectivity index (χ4n) is 7.46. The van der Waals surface area contributed by atoms with E-state index >= 15 is 0 Å². The molecular formula is C47H93NO5. The van der Waals surface area contributed by atoms with Crippen LogP contribution in [0.2, 0.25) is 0 Å². The van der Waals surface area contributed by atoms with Crippen LogP contribution in [0.1, 0.15) is 251 Å². The van der Waals surface area contributed by atoms with Gasteiger partial charge in [0.1, 0.15) is 0 Å². The Morgan fingerprint density at radius 1 is 0.415 bits per heavy atom. The fraction of sp³-hybridized carbons (Fsp3) is 0.957. The van der Waals surface area contributed by atoms with Gasteiger partial charge in [-0.1, -0.05) is 181 Å². The van der Waals surface area contributed by atoms with Crippen LogP contribution >= 0.6 is 0 Å². The standard InChI is InChI=1S/C47H93NO5/c1-5-7-9-11-13-15-17-19-21-23-29-37-45(49)52-43-35-27-25-31-39-47(51,41-33-34-42-48(3)4)40-32-26-28-36-44-53-46(50)38-30-24-22-20-18-16-14-12-10-8-6-2/h51H,5-44H2,1-4H3. The minimum atomic E-state index is -0.589. The van der Waals surface area contributed by atoms with E-state index in [9.17, 15) is 14.7 Å². The second-order valence-corrected chi connectivity index (χ2v) is 16.8. The number of aliphatic hydroxyl groups is 1. The highest BCUT2D eigenvalue weighted by Gasteiger charge is 2.25. The highest BCUT2D eigenvalue weighted by atomic mass is 16.5. The van der Waals surface area contributed by atoms with Crippen LogP contribution in [0.3, 0.4) is 0 Å². The Morgan fingerprint density at radius 3 is 1.04 bits per heavy atom. The van der Waals surface area contributed by atoms with Crippen molar-refractivity contribution >= 4 is 11.9 Å². The van der Waals surface area contributed by atoms with Gasteiger partial charge in [-0.15, -0.1) is 0 Å². The quantitative estimate of drug-likeness (QED) is 0.0494. The first-order valence-electron chi connectivity index (χ1n) is 23.5. The van der Waals surface area contributed by atoms with Gasteiger partial charge in [-0.25, -0.2) is 0 Å². The monoisotopic (exact) mass is 752 g/mol. The number of esters is 2. The van der Waals surface area contributed by atoms with Crippen LogP contribution in [-0.2, 0) is 19.1 Å². The lowest BCUT2D eigenvalue weighted by Crippen LogP contribution is -2.29. The number of nitrogens with zero attached hydrogens (tertiary/aromatic N) is 1. The van der Waals surface area contributed by atoms with Crippen LogP contribution < -0.4 is 0 Å². The molecule has 0 aliphatic carbocycles. The molecule has 0 atom stereocenters. The maximum atomic E-state index is 12.1. The van der Waals surface area contributed by atoms with E-state index in [-0.39, 0.29) is 11.9 Å². The van der Waals surface area contributed by atoms with Crippen LogP contribution in [-0.4, -0.2) is 61.4 Å². The molecule has 0 saturated carbocycles. The lowest BCUT2D eigenvalue weighted by atomic mass is 9.85. The third-order valence-corrected chi connectivity index (χ3v) is 11.1. The normalized spacial score (nSPS) is 11.8. The largest absolute Gasteiger partial charge is 0.466 e. The van der Waals surface area contributed by atoms with E-state index in [4.69, 9.17) is 9.47 Å². The number of unbranched alkanes of at least 4 members (excludes halogenated alkanes) is 27. The number of ether oxygens (including phenoxy) is 2. The van der Waals surface area contributed by atoms with E-state index in [2.05, 4.69) is 32.8 Å². The molecule has 0 radical (unpaired) electrons. The molecule has 0 unspecified atom stereocenters. The first-order valence-corrected chi connectivity index (χ1v) is 23.5. The molecule has 0 saturated heterocycles. The number of hydrogen-bond acceptors (Lipinski definition) is 6. The second kappa shape index (κ2) is 40.5. The molecule has 53 heavy (non-hydrogen) atoms. The number of carbonyl (C=O) groups is 2. The zero-order valence-electron chi connectivity index (χ0n) is 36.3. The molecule has 0 aromatic rings. The molecule has 0 aliphatic rings. The number of carbonyl (C=O) groups excluding carboxylic acids is 2. The summed E-state index contributed by atoms with van der Waals surface area (Å²) in [5.74, 6) is -0.0726. The van der Waals surface area contributed by atoms with Crippen LogP contribution in [0.25, 0.3) is 0 Å². The molecular weight excluding hydrogens is 659 g/mol. The Hall–Kier alpha value is -1.14. The van der Waals surface area contributed by atoms with Gasteiger partial charge in [-0.2, -0.15) is 0 Å². The summed E-state index contributed by atoms with van der Waals surface area (Å²) in [5.41, 5.74) is -0.589. The van der Waals surface area contributed by atoms with E-state index in [1.165, 1.54) is 116 Å². The van der Waals surface area contributed by atoms with Crippen LogP contribution in [0, 0.1) is 0 Å². The molecule has 6 heteroatoms.